The molecular weight excluding hydrogens is 404 g/mol. The van der Waals surface area contributed by atoms with Crippen LogP contribution in [0.3, 0.4) is 0 Å². The van der Waals surface area contributed by atoms with E-state index in [1.165, 1.54) is 0 Å². The first-order valence-electron chi connectivity index (χ1n) is 10.2. The maximum Gasteiger partial charge on any atom is 0.326 e. The quantitative estimate of drug-likeness (QED) is 0.421. The number of carboxylic acids is 1. The summed E-state index contributed by atoms with van der Waals surface area (Å²) in [4.78, 5) is 16.0. The average Bonchev–Trinajstić information content (AvgIpc) is 3.28. The molecular formula is C26H26N2O4. The van der Waals surface area contributed by atoms with Crippen molar-refractivity contribution in [3.63, 3.8) is 0 Å². The normalized spacial score (nSPS) is 12.2. The van der Waals surface area contributed by atoms with Crippen LogP contribution in [0.5, 0.6) is 5.75 Å². The number of carbonyl (C=O) groups is 1. The molecule has 32 heavy (non-hydrogen) atoms. The third-order valence-corrected chi connectivity index (χ3v) is 4.76. The first-order chi connectivity index (χ1) is 15.6. The molecule has 164 valence electrons. The standard InChI is InChI=1S/C26H26N2O4/c1-3-4-15-27-23(26(29)30)16-19-13-14-20(24(17-19)31-2)11-8-12-22-18-32-25(28-22)21-9-6-5-7-10-21/h3-11,13-15,17-18,23,27H,1,12,16H2,2H3,(H,29,30)/b11-8+,15-4-. The fourth-order valence-corrected chi connectivity index (χ4v) is 3.13. The summed E-state index contributed by atoms with van der Waals surface area (Å²) in [6.45, 7) is 3.57. The van der Waals surface area contributed by atoms with E-state index in [0.717, 1.165) is 22.4 Å². The molecule has 3 aromatic rings. The zero-order chi connectivity index (χ0) is 22.8. The molecule has 2 aromatic carbocycles. The lowest BCUT2D eigenvalue weighted by Gasteiger charge is -2.14. The van der Waals surface area contributed by atoms with Crippen LogP contribution >= 0.6 is 0 Å². The summed E-state index contributed by atoms with van der Waals surface area (Å²) < 4.78 is 11.1. The predicted octanol–water partition coefficient (Wildman–Crippen LogP) is 4.89. The molecule has 0 aliphatic carbocycles. The predicted molar refractivity (Wildman–Crippen MR) is 125 cm³/mol. The molecule has 0 aliphatic rings. The second-order valence-electron chi connectivity index (χ2n) is 7.05. The molecule has 0 amide bonds. The van der Waals surface area contributed by atoms with Crippen LogP contribution in [-0.2, 0) is 17.6 Å². The van der Waals surface area contributed by atoms with E-state index in [1.54, 1.807) is 31.7 Å². The van der Waals surface area contributed by atoms with Crippen molar-refractivity contribution < 1.29 is 19.1 Å². The van der Waals surface area contributed by atoms with Crippen LogP contribution in [0.1, 0.15) is 16.8 Å². The van der Waals surface area contributed by atoms with Gasteiger partial charge in [0.2, 0.25) is 5.89 Å². The topological polar surface area (TPSA) is 84.6 Å². The van der Waals surface area contributed by atoms with Gasteiger partial charge in [0.1, 0.15) is 18.1 Å². The maximum atomic E-state index is 11.5. The van der Waals surface area contributed by atoms with Gasteiger partial charge in [-0.05, 0) is 36.0 Å². The fourth-order valence-electron chi connectivity index (χ4n) is 3.13. The largest absolute Gasteiger partial charge is 0.496 e. The van der Waals surface area contributed by atoms with E-state index in [4.69, 9.17) is 9.15 Å². The van der Waals surface area contributed by atoms with Crippen LogP contribution in [0.25, 0.3) is 17.5 Å². The van der Waals surface area contributed by atoms with Crippen molar-refractivity contribution in [1.82, 2.24) is 10.3 Å². The number of ether oxygens (including phenoxy) is 1. The van der Waals surface area contributed by atoms with Crippen molar-refractivity contribution in [3.8, 4) is 17.2 Å². The van der Waals surface area contributed by atoms with Gasteiger partial charge in [0.15, 0.2) is 0 Å². The Balaban J connectivity index is 1.66. The lowest BCUT2D eigenvalue weighted by Crippen LogP contribution is -2.35. The Morgan fingerprint density at radius 1 is 1.28 bits per heavy atom. The number of allylic oxidation sites excluding steroid dienone is 3. The van der Waals surface area contributed by atoms with Gasteiger partial charge in [-0.15, -0.1) is 0 Å². The summed E-state index contributed by atoms with van der Waals surface area (Å²) in [6.07, 6.45) is 11.4. The van der Waals surface area contributed by atoms with Crippen LogP contribution in [-0.4, -0.2) is 29.2 Å². The number of methoxy groups -OCH3 is 1. The zero-order valence-corrected chi connectivity index (χ0v) is 17.9. The van der Waals surface area contributed by atoms with Crippen molar-refractivity contribution >= 4 is 12.0 Å². The zero-order valence-electron chi connectivity index (χ0n) is 17.9. The Kier molecular flexibility index (Phi) is 8.03. The van der Waals surface area contributed by atoms with Crippen molar-refractivity contribution in [2.75, 3.05) is 7.11 Å². The molecule has 0 bridgehead atoms. The minimum absolute atomic E-state index is 0.318. The van der Waals surface area contributed by atoms with Gasteiger partial charge in [-0.1, -0.05) is 55.1 Å². The van der Waals surface area contributed by atoms with Crippen molar-refractivity contribution in [2.24, 2.45) is 0 Å². The molecule has 0 saturated carbocycles. The number of nitrogens with zero attached hydrogens (tertiary/aromatic N) is 1. The molecule has 1 atom stereocenters. The van der Waals surface area contributed by atoms with Crippen LogP contribution in [0.2, 0.25) is 0 Å². The summed E-state index contributed by atoms with van der Waals surface area (Å²) in [7, 11) is 1.60. The van der Waals surface area contributed by atoms with Gasteiger partial charge >= 0.3 is 5.97 Å². The molecule has 1 heterocycles. The number of nitrogens with one attached hydrogen (secondary N) is 1. The Morgan fingerprint density at radius 3 is 2.81 bits per heavy atom. The van der Waals surface area contributed by atoms with Crippen molar-refractivity contribution in [1.29, 1.82) is 0 Å². The maximum absolute atomic E-state index is 11.5. The number of hydrogen-bond acceptors (Lipinski definition) is 5. The highest BCUT2D eigenvalue weighted by Crippen LogP contribution is 2.23. The summed E-state index contributed by atoms with van der Waals surface area (Å²) >= 11 is 0. The van der Waals surface area contributed by atoms with Crippen LogP contribution in [0.4, 0.5) is 0 Å². The smallest absolute Gasteiger partial charge is 0.326 e. The third kappa shape index (κ3) is 6.22. The van der Waals surface area contributed by atoms with E-state index in [-0.39, 0.29) is 0 Å². The van der Waals surface area contributed by atoms with Gasteiger partial charge in [-0.3, -0.25) is 0 Å². The molecule has 6 nitrogen and oxygen atoms in total. The van der Waals surface area contributed by atoms with E-state index < -0.39 is 12.0 Å². The van der Waals surface area contributed by atoms with E-state index in [1.807, 2.05) is 60.7 Å². The van der Waals surface area contributed by atoms with Crippen LogP contribution in [0.15, 0.2) is 90.2 Å². The first kappa shape index (κ1) is 22.6. The van der Waals surface area contributed by atoms with Gasteiger partial charge in [0.25, 0.3) is 0 Å². The molecule has 1 aromatic heterocycles. The molecule has 0 fully saturated rings. The Bertz CT molecular complexity index is 1100. The number of aromatic nitrogens is 1. The van der Waals surface area contributed by atoms with Crippen LogP contribution in [0, 0.1) is 0 Å². The summed E-state index contributed by atoms with van der Waals surface area (Å²) in [5.74, 6) is 0.347. The van der Waals surface area contributed by atoms with Gasteiger partial charge in [-0.2, -0.15) is 0 Å². The molecule has 0 aliphatic heterocycles. The summed E-state index contributed by atoms with van der Waals surface area (Å²) in [5.41, 5.74) is 3.53. The average molecular weight is 431 g/mol. The van der Waals surface area contributed by atoms with E-state index >= 15 is 0 Å². The highest BCUT2D eigenvalue weighted by molar-refractivity contribution is 5.74. The lowest BCUT2D eigenvalue weighted by molar-refractivity contribution is -0.139. The number of oxazole rings is 1. The first-order valence-corrected chi connectivity index (χ1v) is 10.2. The molecule has 1 unspecified atom stereocenters. The van der Waals surface area contributed by atoms with Gasteiger partial charge < -0.3 is 19.6 Å². The molecule has 6 heteroatoms. The number of aliphatic carboxylic acids is 1. The highest BCUT2D eigenvalue weighted by atomic mass is 16.5. The van der Waals surface area contributed by atoms with Gasteiger partial charge in [0, 0.05) is 24.0 Å². The minimum Gasteiger partial charge on any atom is -0.496 e. The Hall–Kier alpha value is -4.06. The summed E-state index contributed by atoms with van der Waals surface area (Å²) in [5, 5.41) is 12.3. The molecule has 3 rings (SSSR count). The number of benzene rings is 2. The number of hydrogen-bond donors (Lipinski definition) is 2. The van der Waals surface area contributed by atoms with Crippen LogP contribution < -0.4 is 10.1 Å². The summed E-state index contributed by atoms with van der Waals surface area (Å²) in [6, 6.07) is 14.7. The Labute approximate surface area is 187 Å². The minimum atomic E-state index is -0.927. The molecule has 0 radical (unpaired) electrons. The number of carboxylic acid groups (broad SMARTS) is 1. The van der Waals surface area contributed by atoms with E-state index in [9.17, 15) is 9.90 Å². The Morgan fingerprint density at radius 2 is 2.09 bits per heavy atom. The monoisotopic (exact) mass is 430 g/mol. The highest BCUT2D eigenvalue weighted by Gasteiger charge is 2.16. The fraction of sp³-hybridized carbons (Fsp3) is 0.154. The molecule has 0 spiro atoms. The van der Waals surface area contributed by atoms with Gasteiger partial charge in [0.05, 0.1) is 12.8 Å². The van der Waals surface area contributed by atoms with E-state index in [0.29, 0.717) is 24.5 Å². The molecule has 0 saturated heterocycles. The third-order valence-electron chi connectivity index (χ3n) is 4.76. The lowest BCUT2D eigenvalue weighted by atomic mass is 10.0. The second kappa shape index (κ2) is 11.4. The van der Waals surface area contributed by atoms with Crippen molar-refractivity contribution in [2.45, 2.75) is 18.9 Å². The SMILES string of the molecule is C=C/C=C\NC(Cc1ccc(/C=C/Cc2coc(-c3ccccc3)n2)c(OC)c1)C(=O)O. The second-order valence-corrected chi connectivity index (χ2v) is 7.05. The van der Waals surface area contributed by atoms with E-state index in [2.05, 4.69) is 16.9 Å². The van der Waals surface area contributed by atoms with Crippen molar-refractivity contribution in [3.05, 3.63) is 103 Å². The van der Waals surface area contributed by atoms with Gasteiger partial charge in [-0.25, -0.2) is 9.78 Å². The number of rotatable bonds is 11. The molecule has 2 N–H and O–H groups in total.